The van der Waals surface area contributed by atoms with Gasteiger partial charge in [0.2, 0.25) is 0 Å². The van der Waals surface area contributed by atoms with E-state index < -0.39 is 12.6 Å². The van der Waals surface area contributed by atoms with Gasteiger partial charge in [0.15, 0.2) is 0 Å². The highest BCUT2D eigenvalue weighted by atomic mass is 19.3. The molecule has 66 valence electrons. The second-order valence-electron chi connectivity index (χ2n) is 2.16. The van der Waals surface area contributed by atoms with Gasteiger partial charge in [0.05, 0.1) is 0 Å². The number of hydrogen-bond donors (Lipinski definition) is 1. The fourth-order valence-electron chi connectivity index (χ4n) is 0.632. The molecule has 0 atom stereocenters. The van der Waals surface area contributed by atoms with E-state index in [0.29, 0.717) is 11.3 Å². The first-order valence-corrected chi connectivity index (χ1v) is 3.43. The number of primary amides is 1. The van der Waals surface area contributed by atoms with E-state index in [0.717, 1.165) is 6.42 Å². The van der Waals surface area contributed by atoms with Crippen LogP contribution in [0.25, 0.3) is 0 Å². The SMILES string of the molecule is CCCCN(C(N)=O)C(F)F. The lowest BCUT2D eigenvalue weighted by molar-refractivity contribution is 0.00404. The minimum Gasteiger partial charge on any atom is -0.351 e. The molecule has 0 bridgehead atoms. The third-order valence-electron chi connectivity index (χ3n) is 1.27. The van der Waals surface area contributed by atoms with Gasteiger partial charge in [-0.3, -0.25) is 4.90 Å². The summed E-state index contributed by atoms with van der Waals surface area (Å²) >= 11 is 0. The van der Waals surface area contributed by atoms with Gasteiger partial charge in [0.25, 0.3) is 0 Å². The zero-order valence-electron chi connectivity index (χ0n) is 6.39. The average molecular weight is 166 g/mol. The highest BCUT2D eigenvalue weighted by Crippen LogP contribution is 2.04. The standard InChI is InChI=1S/C6H12F2N2O/c1-2-3-4-10(5(7)8)6(9)11/h5H,2-4H2,1H3,(H2,9,11). The summed E-state index contributed by atoms with van der Waals surface area (Å²) in [6.07, 6.45) is 1.31. The highest BCUT2D eigenvalue weighted by molar-refractivity contribution is 5.71. The third-order valence-corrected chi connectivity index (χ3v) is 1.27. The summed E-state index contributed by atoms with van der Waals surface area (Å²) in [6.45, 7) is -0.896. The van der Waals surface area contributed by atoms with Crippen molar-refractivity contribution in [3.8, 4) is 0 Å². The molecule has 0 rings (SSSR count). The van der Waals surface area contributed by atoms with Gasteiger partial charge < -0.3 is 5.73 Å². The molecule has 0 spiro atoms. The predicted molar refractivity (Wildman–Crippen MR) is 37.2 cm³/mol. The van der Waals surface area contributed by atoms with Crippen molar-refractivity contribution in [1.82, 2.24) is 4.90 Å². The number of halogens is 2. The van der Waals surface area contributed by atoms with Gasteiger partial charge in [-0.1, -0.05) is 13.3 Å². The fraction of sp³-hybridized carbons (Fsp3) is 0.833. The largest absolute Gasteiger partial charge is 0.351 e. The number of amides is 2. The molecule has 0 unspecified atom stereocenters. The monoisotopic (exact) mass is 166 g/mol. The maximum atomic E-state index is 11.9. The second-order valence-corrected chi connectivity index (χ2v) is 2.16. The number of hydrogen-bond acceptors (Lipinski definition) is 1. The summed E-state index contributed by atoms with van der Waals surface area (Å²) in [5.41, 5.74) is 4.69. The molecule has 0 fully saturated rings. The van der Waals surface area contributed by atoms with Crippen LogP contribution in [0.4, 0.5) is 13.6 Å². The Bertz CT molecular complexity index is 130. The van der Waals surface area contributed by atoms with Gasteiger partial charge in [0, 0.05) is 6.54 Å². The number of nitrogens with zero attached hydrogens (tertiary/aromatic N) is 1. The van der Waals surface area contributed by atoms with E-state index >= 15 is 0 Å². The molecule has 0 aromatic carbocycles. The highest BCUT2D eigenvalue weighted by Gasteiger charge is 2.18. The second kappa shape index (κ2) is 4.87. The molecule has 5 heteroatoms. The zero-order valence-corrected chi connectivity index (χ0v) is 6.39. The quantitative estimate of drug-likeness (QED) is 0.630. The van der Waals surface area contributed by atoms with Crippen molar-refractivity contribution in [2.24, 2.45) is 5.73 Å². The van der Waals surface area contributed by atoms with Crippen molar-refractivity contribution in [1.29, 1.82) is 0 Å². The van der Waals surface area contributed by atoms with Crippen molar-refractivity contribution in [3.05, 3.63) is 0 Å². The van der Waals surface area contributed by atoms with E-state index in [1.54, 1.807) is 0 Å². The van der Waals surface area contributed by atoms with Gasteiger partial charge in [-0.2, -0.15) is 8.78 Å². The number of urea groups is 1. The van der Waals surface area contributed by atoms with E-state index in [-0.39, 0.29) is 6.54 Å². The number of unbranched alkanes of at least 4 members (excludes halogenated alkanes) is 1. The Morgan fingerprint density at radius 3 is 2.45 bits per heavy atom. The topological polar surface area (TPSA) is 46.3 Å². The number of nitrogens with two attached hydrogens (primary N) is 1. The molecular formula is C6H12F2N2O. The van der Waals surface area contributed by atoms with E-state index in [1.807, 2.05) is 6.92 Å². The first-order chi connectivity index (χ1) is 5.09. The van der Waals surface area contributed by atoms with Crippen molar-refractivity contribution >= 4 is 6.03 Å². The van der Waals surface area contributed by atoms with E-state index in [1.165, 1.54) is 0 Å². The Labute approximate surface area is 64.2 Å². The van der Waals surface area contributed by atoms with Gasteiger partial charge in [0.1, 0.15) is 0 Å². The maximum Gasteiger partial charge on any atom is 0.319 e. The van der Waals surface area contributed by atoms with Crippen molar-refractivity contribution < 1.29 is 13.6 Å². The van der Waals surface area contributed by atoms with Crippen LogP contribution >= 0.6 is 0 Å². The van der Waals surface area contributed by atoms with Crippen molar-refractivity contribution in [2.75, 3.05) is 6.54 Å². The number of alkyl halides is 2. The van der Waals surface area contributed by atoms with Gasteiger partial charge in [-0.05, 0) is 6.42 Å². The number of carbonyl (C=O) groups is 1. The van der Waals surface area contributed by atoms with Gasteiger partial charge in [-0.15, -0.1) is 0 Å². The van der Waals surface area contributed by atoms with Crippen LogP contribution in [0.5, 0.6) is 0 Å². The lowest BCUT2D eigenvalue weighted by Crippen LogP contribution is -2.40. The Morgan fingerprint density at radius 1 is 1.64 bits per heavy atom. The molecule has 0 aliphatic carbocycles. The van der Waals surface area contributed by atoms with Crippen LogP contribution in [0, 0.1) is 0 Å². The van der Waals surface area contributed by atoms with Crippen molar-refractivity contribution in [3.63, 3.8) is 0 Å². The zero-order chi connectivity index (χ0) is 8.85. The Hall–Kier alpha value is -0.870. The molecule has 0 radical (unpaired) electrons. The molecule has 0 heterocycles. The third kappa shape index (κ3) is 3.75. The molecule has 0 aromatic rings. The summed E-state index contributed by atoms with van der Waals surface area (Å²) in [7, 11) is 0. The van der Waals surface area contributed by atoms with Crippen LogP contribution < -0.4 is 5.73 Å². The minimum atomic E-state index is -2.78. The predicted octanol–water partition coefficient (Wildman–Crippen LogP) is 1.39. The molecule has 0 aliphatic heterocycles. The average Bonchev–Trinajstić information content (AvgIpc) is 1.87. The molecule has 0 saturated carbocycles. The summed E-state index contributed by atoms with van der Waals surface area (Å²) in [4.78, 5) is 10.7. The molecular weight excluding hydrogens is 154 g/mol. The van der Waals surface area contributed by atoms with Crippen LogP contribution in [0.15, 0.2) is 0 Å². The Kier molecular flexibility index (Phi) is 4.49. The molecule has 2 amide bonds. The number of carbonyl (C=O) groups excluding carboxylic acids is 1. The summed E-state index contributed by atoms with van der Waals surface area (Å²) < 4.78 is 23.8. The van der Waals surface area contributed by atoms with Crippen LogP contribution in [0.2, 0.25) is 0 Å². The molecule has 0 aromatic heterocycles. The normalized spacial score (nSPS) is 10.2. The molecule has 11 heavy (non-hydrogen) atoms. The lowest BCUT2D eigenvalue weighted by Gasteiger charge is -2.17. The summed E-state index contributed by atoms with van der Waals surface area (Å²) in [6, 6.07) is -1.06. The van der Waals surface area contributed by atoms with Crippen LogP contribution in [0.1, 0.15) is 19.8 Å². The minimum absolute atomic E-state index is 0.0312. The summed E-state index contributed by atoms with van der Waals surface area (Å²) in [5, 5.41) is 0. The smallest absolute Gasteiger partial charge is 0.319 e. The van der Waals surface area contributed by atoms with E-state index in [2.05, 4.69) is 5.73 Å². The van der Waals surface area contributed by atoms with Gasteiger partial charge >= 0.3 is 12.6 Å². The van der Waals surface area contributed by atoms with Gasteiger partial charge in [-0.25, -0.2) is 4.79 Å². The fourth-order valence-corrected chi connectivity index (χ4v) is 0.632. The lowest BCUT2D eigenvalue weighted by atomic mass is 10.3. The first-order valence-electron chi connectivity index (χ1n) is 3.43. The Morgan fingerprint density at radius 2 is 2.18 bits per heavy atom. The van der Waals surface area contributed by atoms with Crippen molar-refractivity contribution in [2.45, 2.75) is 26.3 Å². The molecule has 0 aliphatic rings. The molecule has 2 N–H and O–H groups in total. The maximum absolute atomic E-state index is 11.9. The molecule has 3 nitrogen and oxygen atoms in total. The van der Waals surface area contributed by atoms with E-state index in [9.17, 15) is 13.6 Å². The summed E-state index contributed by atoms with van der Waals surface area (Å²) in [5.74, 6) is 0. The Balaban J connectivity index is 3.80. The van der Waals surface area contributed by atoms with E-state index in [4.69, 9.17) is 0 Å². The van der Waals surface area contributed by atoms with Crippen LogP contribution in [-0.4, -0.2) is 24.0 Å². The molecule has 0 saturated heterocycles. The van der Waals surface area contributed by atoms with Crippen LogP contribution in [-0.2, 0) is 0 Å². The number of rotatable bonds is 4. The van der Waals surface area contributed by atoms with Crippen LogP contribution in [0.3, 0.4) is 0 Å². The first kappa shape index (κ1) is 10.1.